The van der Waals surface area contributed by atoms with Crippen molar-refractivity contribution in [3.63, 3.8) is 0 Å². The predicted octanol–water partition coefficient (Wildman–Crippen LogP) is 2.82. The first-order valence-electron chi connectivity index (χ1n) is 6.05. The maximum atomic E-state index is 11.1. The molecule has 0 unspecified atom stereocenters. The zero-order valence-corrected chi connectivity index (χ0v) is 13.5. The molecule has 0 aliphatic carbocycles. The average molecular weight is 354 g/mol. The summed E-state index contributed by atoms with van der Waals surface area (Å²) >= 11 is 5.13. The molecule has 0 bridgehead atoms. The van der Waals surface area contributed by atoms with Crippen LogP contribution in [0, 0.1) is 0 Å². The van der Waals surface area contributed by atoms with E-state index in [9.17, 15) is 4.79 Å². The van der Waals surface area contributed by atoms with Crippen molar-refractivity contribution in [3.8, 4) is 0 Å². The lowest BCUT2D eigenvalue weighted by Gasteiger charge is -2.17. The minimum atomic E-state index is -0.459. The molecule has 0 saturated heterocycles. The second-order valence-electron chi connectivity index (χ2n) is 4.71. The smallest absolute Gasteiger partial charge is 0.248 e. The summed E-state index contributed by atoms with van der Waals surface area (Å²) in [6.07, 6.45) is 0. The van der Waals surface area contributed by atoms with Crippen molar-refractivity contribution in [2.45, 2.75) is 13.1 Å². The Kier molecular flexibility index (Phi) is 4.80. The van der Waals surface area contributed by atoms with Gasteiger partial charge in [0.1, 0.15) is 0 Å². The lowest BCUT2D eigenvalue weighted by Crippen LogP contribution is -2.18. The van der Waals surface area contributed by atoms with Crippen molar-refractivity contribution >= 4 is 38.9 Å². The molecule has 20 heavy (non-hydrogen) atoms. The van der Waals surface area contributed by atoms with E-state index in [1.807, 2.05) is 13.1 Å². The number of hydrogen-bond donors (Lipinski definition) is 2. The lowest BCUT2D eigenvalue weighted by atomic mass is 10.1. The van der Waals surface area contributed by atoms with Gasteiger partial charge in [-0.15, -0.1) is 11.3 Å². The fourth-order valence-corrected chi connectivity index (χ4v) is 3.18. The molecule has 2 rings (SSSR count). The van der Waals surface area contributed by atoms with Crippen LogP contribution in [-0.2, 0) is 13.1 Å². The molecule has 4 N–H and O–H groups in total. The van der Waals surface area contributed by atoms with Crippen LogP contribution >= 0.6 is 27.3 Å². The molecule has 0 radical (unpaired) electrons. The standard InChI is InChI=1S/C14H16BrN3OS/c1-18(6-9-4-13(15)20-8-9)7-11-3-2-10(14(17)19)5-12(11)16/h2-5,8H,6-7,16H2,1H3,(H2,17,19). The first kappa shape index (κ1) is 15.0. The minimum absolute atomic E-state index is 0.440. The molecule has 0 aliphatic heterocycles. The molecule has 1 amide bonds. The number of nitrogen functional groups attached to an aromatic ring is 1. The third-order valence-corrected chi connectivity index (χ3v) is 4.50. The van der Waals surface area contributed by atoms with Gasteiger partial charge in [-0.2, -0.15) is 0 Å². The molecule has 1 aromatic heterocycles. The number of hydrogen-bond acceptors (Lipinski definition) is 4. The van der Waals surface area contributed by atoms with Gasteiger partial charge in [-0.05, 0) is 57.7 Å². The number of carbonyl (C=O) groups is 1. The topological polar surface area (TPSA) is 72.3 Å². The van der Waals surface area contributed by atoms with E-state index in [1.54, 1.807) is 23.5 Å². The van der Waals surface area contributed by atoms with Crippen LogP contribution in [0.25, 0.3) is 0 Å². The third kappa shape index (κ3) is 3.82. The summed E-state index contributed by atoms with van der Waals surface area (Å²) in [5, 5.41) is 2.13. The van der Waals surface area contributed by atoms with Crippen molar-refractivity contribution < 1.29 is 4.79 Å². The second-order valence-corrected chi connectivity index (χ2v) is 7.00. The number of nitrogens with zero attached hydrogens (tertiary/aromatic N) is 1. The molecule has 1 aromatic carbocycles. The maximum Gasteiger partial charge on any atom is 0.248 e. The molecule has 2 aromatic rings. The van der Waals surface area contributed by atoms with Crippen molar-refractivity contribution in [2.75, 3.05) is 12.8 Å². The van der Waals surface area contributed by atoms with Gasteiger partial charge in [0.2, 0.25) is 5.91 Å². The van der Waals surface area contributed by atoms with Crippen LogP contribution in [0.5, 0.6) is 0 Å². The largest absolute Gasteiger partial charge is 0.398 e. The highest BCUT2D eigenvalue weighted by atomic mass is 79.9. The monoisotopic (exact) mass is 353 g/mol. The SMILES string of the molecule is CN(Cc1csc(Br)c1)Cc1ccc(C(N)=O)cc1N. The molecule has 0 aliphatic rings. The Balaban J connectivity index is 2.04. The Morgan fingerprint density at radius 3 is 2.65 bits per heavy atom. The van der Waals surface area contributed by atoms with Crippen LogP contribution in [0.15, 0.2) is 33.4 Å². The van der Waals surface area contributed by atoms with Gasteiger partial charge < -0.3 is 11.5 Å². The molecule has 0 spiro atoms. The molecular formula is C14H16BrN3OS. The predicted molar refractivity (Wildman–Crippen MR) is 86.6 cm³/mol. The van der Waals surface area contributed by atoms with Crippen LogP contribution in [0.4, 0.5) is 5.69 Å². The van der Waals surface area contributed by atoms with E-state index in [2.05, 4.69) is 32.3 Å². The number of amides is 1. The summed E-state index contributed by atoms with van der Waals surface area (Å²) in [6.45, 7) is 1.57. The number of nitrogens with two attached hydrogens (primary N) is 2. The van der Waals surface area contributed by atoms with Gasteiger partial charge in [-0.1, -0.05) is 6.07 Å². The maximum absolute atomic E-state index is 11.1. The van der Waals surface area contributed by atoms with Crippen molar-refractivity contribution in [1.82, 2.24) is 4.90 Å². The van der Waals surface area contributed by atoms with Crippen molar-refractivity contribution in [2.24, 2.45) is 5.73 Å². The van der Waals surface area contributed by atoms with Crippen LogP contribution in [-0.4, -0.2) is 17.9 Å². The van der Waals surface area contributed by atoms with Gasteiger partial charge in [0, 0.05) is 24.3 Å². The van der Waals surface area contributed by atoms with Crippen LogP contribution in [0.2, 0.25) is 0 Å². The fourth-order valence-electron chi connectivity index (χ4n) is 1.98. The van der Waals surface area contributed by atoms with Crippen molar-refractivity contribution in [3.05, 3.63) is 50.1 Å². The summed E-state index contributed by atoms with van der Waals surface area (Å²) in [5.41, 5.74) is 14.5. The highest BCUT2D eigenvalue weighted by Gasteiger charge is 2.08. The summed E-state index contributed by atoms with van der Waals surface area (Å²) in [7, 11) is 2.03. The third-order valence-electron chi connectivity index (χ3n) is 2.94. The van der Waals surface area contributed by atoms with Gasteiger partial charge >= 0.3 is 0 Å². The average Bonchev–Trinajstić information content (AvgIpc) is 2.77. The van der Waals surface area contributed by atoms with E-state index < -0.39 is 5.91 Å². The van der Waals surface area contributed by atoms with E-state index in [-0.39, 0.29) is 0 Å². The van der Waals surface area contributed by atoms with Gasteiger partial charge in [0.05, 0.1) is 3.79 Å². The van der Waals surface area contributed by atoms with E-state index in [4.69, 9.17) is 11.5 Å². The Morgan fingerprint density at radius 2 is 2.10 bits per heavy atom. The Hall–Kier alpha value is -1.37. The van der Waals surface area contributed by atoms with E-state index >= 15 is 0 Å². The second kappa shape index (κ2) is 6.39. The molecule has 0 fully saturated rings. The molecule has 106 valence electrons. The molecule has 0 atom stereocenters. The molecular weight excluding hydrogens is 338 g/mol. The Labute approximate surface area is 130 Å². The fraction of sp³-hybridized carbons (Fsp3) is 0.214. The zero-order chi connectivity index (χ0) is 14.7. The summed E-state index contributed by atoms with van der Waals surface area (Å²) < 4.78 is 1.13. The first-order valence-corrected chi connectivity index (χ1v) is 7.72. The number of rotatable bonds is 5. The number of halogens is 1. The van der Waals surface area contributed by atoms with Gasteiger partial charge in [-0.3, -0.25) is 9.69 Å². The van der Waals surface area contributed by atoms with E-state index in [0.717, 1.165) is 22.4 Å². The van der Waals surface area contributed by atoms with Crippen LogP contribution in [0.3, 0.4) is 0 Å². The Bertz CT molecular complexity index is 627. The Morgan fingerprint density at radius 1 is 1.35 bits per heavy atom. The van der Waals surface area contributed by atoms with Gasteiger partial charge in [-0.25, -0.2) is 0 Å². The lowest BCUT2D eigenvalue weighted by molar-refractivity contribution is 0.100. The van der Waals surface area contributed by atoms with Crippen LogP contribution < -0.4 is 11.5 Å². The molecule has 4 nitrogen and oxygen atoms in total. The van der Waals surface area contributed by atoms with Crippen LogP contribution in [0.1, 0.15) is 21.5 Å². The highest BCUT2D eigenvalue weighted by molar-refractivity contribution is 9.11. The highest BCUT2D eigenvalue weighted by Crippen LogP contribution is 2.22. The normalized spacial score (nSPS) is 10.9. The van der Waals surface area contributed by atoms with E-state index in [1.165, 1.54) is 5.56 Å². The summed E-state index contributed by atoms with van der Waals surface area (Å²) in [4.78, 5) is 13.3. The number of carbonyl (C=O) groups excluding carboxylic acids is 1. The summed E-state index contributed by atoms with van der Waals surface area (Å²) in [6, 6.07) is 7.31. The molecule has 0 saturated carbocycles. The molecule has 6 heteroatoms. The first-order chi connectivity index (χ1) is 9.45. The van der Waals surface area contributed by atoms with Gasteiger partial charge in [0.15, 0.2) is 0 Å². The van der Waals surface area contributed by atoms with Crippen molar-refractivity contribution in [1.29, 1.82) is 0 Å². The number of thiophene rings is 1. The van der Waals surface area contributed by atoms with E-state index in [0.29, 0.717) is 11.3 Å². The quantitative estimate of drug-likeness (QED) is 0.811. The molecule has 1 heterocycles. The number of benzene rings is 1. The zero-order valence-electron chi connectivity index (χ0n) is 11.1. The number of primary amides is 1. The minimum Gasteiger partial charge on any atom is -0.398 e. The van der Waals surface area contributed by atoms with Gasteiger partial charge in [0.25, 0.3) is 0 Å². The number of anilines is 1. The summed E-state index contributed by atoms with van der Waals surface area (Å²) in [5.74, 6) is -0.459.